The van der Waals surface area contributed by atoms with Crippen molar-refractivity contribution in [2.45, 2.75) is 37.8 Å². The maximum atomic E-state index is 12.6. The molecule has 0 bridgehead atoms. The van der Waals surface area contributed by atoms with E-state index in [1.165, 1.54) is 7.11 Å². The zero-order chi connectivity index (χ0) is 20.9. The molecule has 1 fully saturated rings. The fraction of sp³-hybridized carbons (Fsp3) is 0.391. The summed E-state index contributed by atoms with van der Waals surface area (Å²) in [4.78, 5) is 23.7. The van der Waals surface area contributed by atoms with Crippen molar-refractivity contribution in [1.82, 2.24) is 5.32 Å². The minimum Gasteiger partial charge on any atom is -0.489 e. The molecule has 0 aromatic heterocycles. The molecule has 1 aliphatic rings. The molecular weight excluding hydrogens is 370 g/mol. The number of ether oxygens (including phenoxy) is 2. The number of benzene rings is 2. The van der Waals surface area contributed by atoms with Gasteiger partial charge in [0.2, 0.25) is 5.91 Å². The molecule has 0 saturated heterocycles. The van der Waals surface area contributed by atoms with Crippen LogP contribution in [0.4, 0.5) is 0 Å². The number of amides is 1. The summed E-state index contributed by atoms with van der Waals surface area (Å²) < 4.78 is 10.9. The average molecular weight is 397 g/mol. The molecule has 0 radical (unpaired) electrons. The number of hydrogen-bond acceptors (Lipinski definition) is 4. The van der Waals surface area contributed by atoms with Crippen LogP contribution in [-0.4, -0.2) is 36.2 Å². The summed E-state index contributed by atoms with van der Waals surface area (Å²) in [5, 5.41) is 12.0. The van der Waals surface area contributed by atoms with E-state index in [0.717, 1.165) is 23.3 Å². The monoisotopic (exact) mass is 397 g/mol. The van der Waals surface area contributed by atoms with Crippen LogP contribution >= 0.6 is 0 Å². The van der Waals surface area contributed by atoms with Crippen LogP contribution in [0.2, 0.25) is 0 Å². The molecular formula is C23H27NO5. The van der Waals surface area contributed by atoms with E-state index in [-0.39, 0.29) is 30.8 Å². The first kappa shape index (κ1) is 20.9. The zero-order valence-corrected chi connectivity index (χ0v) is 16.8. The first-order chi connectivity index (χ1) is 13.9. The van der Waals surface area contributed by atoms with Crippen molar-refractivity contribution in [3.05, 3.63) is 65.7 Å². The predicted molar refractivity (Wildman–Crippen MR) is 109 cm³/mol. The van der Waals surface area contributed by atoms with Crippen molar-refractivity contribution in [1.29, 1.82) is 0 Å². The Balaban J connectivity index is 1.53. The van der Waals surface area contributed by atoms with Crippen LogP contribution in [0.1, 0.15) is 36.8 Å². The molecule has 3 unspecified atom stereocenters. The van der Waals surface area contributed by atoms with Crippen molar-refractivity contribution >= 4 is 11.9 Å². The van der Waals surface area contributed by atoms with Crippen LogP contribution in [-0.2, 0) is 20.9 Å². The second kappa shape index (κ2) is 9.09. The summed E-state index contributed by atoms with van der Waals surface area (Å²) in [5.74, 6) is -0.303. The quantitative estimate of drug-likeness (QED) is 0.642. The third-order valence-electron chi connectivity index (χ3n) is 5.11. The Morgan fingerprint density at radius 3 is 2.45 bits per heavy atom. The van der Waals surface area contributed by atoms with Crippen molar-refractivity contribution in [2.75, 3.05) is 13.7 Å². The lowest BCUT2D eigenvalue weighted by atomic mass is 9.98. The van der Waals surface area contributed by atoms with Gasteiger partial charge in [0.15, 0.2) is 0 Å². The SMILES string of the molecule is COCC(C)(CC(=O)O)NC(=O)C1CC1c1ccc(OCc2ccccc2)cc1. The molecule has 2 aromatic rings. The van der Waals surface area contributed by atoms with Gasteiger partial charge in [0.05, 0.1) is 18.6 Å². The number of hydrogen-bond donors (Lipinski definition) is 2. The topological polar surface area (TPSA) is 84.9 Å². The van der Waals surface area contributed by atoms with E-state index in [1.807, 2.05) is 54.6 Å². The van der Waals surface area contributed by atoms with Gasteiger partial charge in [0, 0.05) is 13.0 Å². The summed E-state index contributed by atoms with van der Waals surface area (Å²) in [6.07, 6.45) is 0.573. The van der Waals surface area contributed by atoms with Crippen LogP contribution in [0, 0.1) is 5.92 Å². The van der Waals surface area contributed by atoms with E-state index < -0.39 is 11.5 Å². The highest BCUT2D eigenvalue weighted by Crippen LogP contribution is 2.48. The lowest BCUT2D eigenvalue weighted by molar-refractivity contribution is -0.139. The van der Waals surface area contributed by atoms with Gasteiger partial charge < -0.3 is 19.9 Å². The van der Waals surface area contributed by atoms with Gasteiger partial charge in [-0.2, -0.15) is 0 Å². The lowest BCUT2D eigenvalue weighted by Gasteiger charge is -2.28. The van der Waals surface area contributed by atoms with Crippen molar-refractivity contribution < 1.29 is 24.2 Å². The average Bonchev–Trinajstić information content (AvgIpc) is 3.48. The van der Waals surface area contributed by atoms with Gasteiger partial charge in [-0.3, -0.25) is 9.59 Å². The summed E-state index contributed by atoms with van der Waals surface area (Å²) in [5.41, 5.74) is 1.28. The van der Waals surface area contributed by atoms with Crippen molar-refractivity contribution in [3.63, 3.8) is 0 Å². The first-order valence-electron chi connectivity index (χ1n) is 9.70. The van der Waals surface area contributed by atoms with Gasteiger partial charge in [0.25, 0.3) is 0 Å². The Labute approximate surface area is 170 Å². The number of carbonyl (C=O) groups is 2. The molecule has 3 rings (SSSR count). The number of carboxylic acids is 1. The molecule has 1 saturated carbocycles. The second-order valence-corrected chi connectivity index (χ2v) is 7.85. The van der Waals surface area contributed by atoms with Crippen molar-refractivity contribution in [3.8, 4) is 5.75 Å². The van der Waals surface area contributed by atoms with Crippen LogP contribution in [0.3, 0.4) is 0 Å². The largest absolute Gasteiger partial charge is 0.489 e. The maximum absolute atomic E-state index is 12.6. The number of aliphatic carboxylic acids is 1. The highest BCUT2D eigenvalue weighted by molar-refractivity contribution is 5.84. The molecule has 29 heavy (non-hydrogen) atoms. The Kier molecular flexibility index (Phi) is 6.54. The predicted octanol–water partition coefficient (Wildman–Crippen LogP) is 3.37. The van der Waals surface area contributed by atoms with Crippen LogP contribution in [0.5, 0.6) is 5.75 Å². The van der Waals surface area contributed by atoms with E-state index >= 15 is 0 Å². The Hall–Kier alpha value is -2.86. The molecule has 1 amide bonds. The minimum atomic E-state index is -0.969. The molecule has 2 aromatic carbocycles. The Morgan fingerprint density at radius 2 is 1.83 bits per heavy atom. The standard InChI is InChI=1S/C23H27NO5/c1-23(15-28-2,13-21(25)26)24-22(27)20-12-19(20)17-8-10-18(11-9-17)29-14-16-6-4-3-5-7-16/h3-11,19-20H,12-15H2,1-2H3,(H,24,27)(H,25,26). The van der Waals surface area contributed by atoms with Crippen LogP contribution < -0.4 is 10.1 Å². The summed E-state index contributed by atoms with van der Waals surface area (Å²) in [6.45, 7) is 2.35. The van der Waals surface area contributed by atoms with Gasteiger partial charge in [-0.15, -0.1) is 0 Å². The fourth-order valence-electron chi connectivity index (χ4n) is 3.58. The molecule has 0 spiro atoms. The smallest absolute Gasteiger partial charge is 0.305 e. The molecule has 2 N–H and O–H groups in total. The Bertz CT molecular complexity index is 836. The molecule has 0 heterocycles. The molecule has 6 heteroatoms. The summed E-state index contributed by atoms with van der Waals surface area (Å²) in [6, 6.07) is 17.8. The van der Waals surface area contributed by atoms with Gasteiger partial charge in [0.1, 0.15) is 12.4 Å². The van der Waals surface area contributed by atoms with E-state index in [0.29, 0.717) is 6.61 Å². The van der Waals surface area contributed by atoms with E-state index in [4.69, 9.17) is 14.6 Å². The molecule has 3 atom stereocenters. The Morgan fingerprint density at radius 1 is 1.14 bits per heavy atom. The van der Waals surface area contributed by atoms with Gasteiger partial charge in [-0.1, -0.05) is 42.5 Å². The lowest BCUT2D eigenvalue weighted by Crippen LogP contribution is -2.51. The number of nitrogens with one attached hydrogen (secondary N) is 1. The summed E-state index contributed by atoms with van der Waals surface area (Å²) in [7, 11) is 1.49. The van der Waals surface area contributed by atoms with E-state index in [1.54, 1.807) is 6.92 Å². The molecule has 154 valence electrons. The second-order valence-electron chi connectivity index (χ2n) is 7.85. The highest BCUT2D eigenvalue weighted by atomic mass is 16.5. The molecule has 6 nitrogen and oxygen atoms in total. The van der Waals surface area contributed by atoms with Gasteiger partial charge >= 0.3 is 5.97 Å². The fourth-order valence-corrected chi connectivity index (χ4v) is 3.58. The third kappa shape index (κ3) is 5.81. The number of methoxy groups -OCH3 is 1. The highest BCUT2D eigenvalue weighted by Gasteiger charge is 2.45. The maximum Gasteiger partial charge on any atom is 0.305 e. The van der Waals surface area contributed by atoms with E-state index in [9.17, 15) is 9.59 Å². The van der Waals surface area contributed by atoms with Gasteiger partial charge in [-0.25, -0.2) is 0 Å². The molecule has 1 aliphatic carbocycles. The number of carboxylic acid groups (broad SMARTS) is 1. The van der Waals surface area contributed by atoms with Crippen LogP contribution in [0.25, 0.3) is 0 Å². The van der Waals surface area contributed by atoms with Gasteiger partial charge in [-0.05, 0) is 42.5 Å². The molecule has 0 aliphatic heterocycles. The number of carbonyl (C=O) groups excluding carboxylic acids is 1. The number of rotatable bonds is 10. The first-order valence-corrected chi connectivity index (χ1v) is 9.70. The van der Waals surface area contributed by atoms with Crippen LogP contribution in [0.15, 0.2) is 54.6 Å². The zero-order valence-electron chi connectivity index (χ0n) is 16.8. The van der Waals surface area contributed by atoms with E-state index in [2.05, 4.69) is 5.32 Å². The normalized spacial score (nSPS) is 19.8. The summed E-state index contributed by atoms with van der Waals surface area (Å²) >= 11 is 0. The third-order valence-corrected chi connectivity index (χ3v) is 5.11. The minimum absolute atomic E-state index is 0.125. The van der Waals surface area contributed by atoms with Crippen molar-refractivity contribution in [2.24, 2.45) is 5.92 Å².